The lowest BCUT2D eigenvalue weighted by atomic mass is 10.0. The molecule has 0 radical (unpaired) electrons. The molecule has 7 aromatic rings. The number of carboxylic acid groups (broad SMARTS) is 2. The number of anilines is 1. The number of H-pyrrole nitrogens is 3. The second kappa shape index (κ2) is 20.1. The summed E-state index contributed by atoms with van der Waals surface area (Å²) in [5.41, 5.74) is 9.82. The molecule has 18 nitrogen and oxygen atoms in total. The molecule has 8 rings (SSSR count). The lowest BCUT2D eigenvalue weighted by Crippen LogP contribution is -2.41. The molecule has 0 bridgehead atoms. The minimum atomic E-state index is -1.30. The van der Waals surface area contributed by atoms with Gasteiger partial charge in [-0.1, -0.05) is 12.1 Å². The molecule has 0 unspecified atom stereocenters. The molecule has 3 aromatic carbocycles. The van der Waals surface area contributed by atoms with Gasteiger partial charge in [0.1, 0.15) is 18.0 Å². The first kappa shape index (κ1) is 44.5. The molecule has 0 aliphatic carbocycles. The van der Waals surface area contributed by atoms with E-state index in [1.807, 2.05) is 13.0 Å². The van der Waals surface area contributed by atoms with Crippen LogP contribution in [0.5, 0.6) is 23.1 Å². The van der Waals surface area contributed by atoms with Crippen molar-refractivity contribution in [3.05, 3.63) is 106 Å². The number of amides is 1. The SMILES string of the molecule is COc1cc2c(Oc3ccc4[nH]c(C)cc4c3F)ncnc2cc1OCCCN1CCCC1.Nc1nc2[nH]cc(CCc3ccc(C(=O)N[C@@H](CCC(=O)O)C(=O)O)cc3)c2c(=O)[nH]1. The van der Waals surface area contributed by atoms with Crippen molar-refractivity contribution in [2.24, 2.45) is 0 Å². The molecule has 1 atom stereocenters. The maximum atomic E-state index is 15.0. The zero-order valence-electron chi connectivity index (χ0n) is 35.2. The van der Waals surface area contributed by atoms with Gasteiger partial charge in [-0.2, -0.15) is 4.98 Å². The van der Waals surface area contributed by atoms with Gasteiger partial charge in [0.05, 0.1) is 30.0 Å². The fraction of sp³-hybridized carbons (Fsp3) is 0.311. The largest absolute Gasteiger partial charge is 0.493 e. The topological polar surface area (TPSA) is 264 Å². The van der Waals surface area contributed by atoms with Gasteiger partial charge in [0.15, 0.2) is 23.1 Å². The normalized spacial score (nSPS) is 13.1. The van der Waals surface area contributed by atoms with Crippen molar-refractivity contribution < 1.29 is 43.2 Å². The van der Waals surface area contributed by atoms with Gasteiger partial charge >= 0.3 is 11.9 Å². The Morgan fingerprint density at radius 2 is 1.75 bits per heavy atom. The summed E-state index contributed by atoms with van der Waals surface area (Å²) < 4.78 is 32.5. The molecular formula is C45H48FN9O9. The van der Waals surface area contributed by atoms with Crippen LogP contribution in [0.15, 0.2) is 71.9 Å². The lowest BCUT2D eigenvalue weighted by Gasteiger charge is -2.16. The molecule has 19 heteroatoms. The molecule has 0 saturated carbocycles. The third-order valence-electron chi connectivity index (χ3n) is 10.8. The maximum Gasteiger partial charge on any atom is 0.326 e. The number of nitrogens with two attached hydrogens (primary N) is 1. The maximum absolute atomic E-state index is 15.0. The van der Waals surface area contributed by atoms with E-state index in [0.29, 0.717) is 58.3 Å². The smallest absolute Gasteiger partial charge is 0.326 e. The number of aryl methyl sites for hydroxylation is 3. The Kier molecular flexibility index (Phi) is 14.0. The highest BCUT2D eigenvalue weighted by Crippen LogP contribution is 2.37. The van der Waals surface area contributed by atoms with Crippen molar-refractivity contribution in [1.29, 1.82) is 0 Å². The van der Waals surface area contributed by atoms with Crippen molar-refractivity contribution in [3.8, 4) is 23.1 Å². The molecule has 5 heterocycles. The van der Waals surface area contributed by atoms with Crippen LogP contribution < -0.4 is 30.8 Å². The first-order valence-corrected chi connectivity index (χ1v) is 20.7. The van der Waals surface area contributed by atoms with Crippen LogP contribution in [0.2, 0.25) is 0 Å². The molecule has 8 N–H and O–H groups in total. The third kappa shape index (κ3) is 10.7. The minimum Gasteiger partial charge on any atom is -0.493 e. The van der Waals surface area contributed by atoms with E-state index in [-0.39, 0.29) is 41.5 Å². The average Bonchev–Trinajstić information content (AvgIpc) is 4.04. The van der Waals surface area contributed by atoms with Crippen LogP contribution in [-0.4, -0.2) is 102 Å². The summed E-state index contributed by atoms with van der Waals surface area (Å²) in [4.78, 5) is 69.9. The van der Waals surface area contributed by atoms with Crippen molar-refractivity contribution in [1.82, 2.24) is 40.1 Å². The highest BCUT2D eigenvalue weighted by Gasteiger charge is 2.22. The number of likely N-dealkylation sites (tertiary alicyclic amines) is 1. The second-order valence-corrected chi connectivity index (χ2v) is 15.3. The average molecular weight is 878 g/mol. The van der Waals surface area contributed by atoms with Crippen LogP contribution in [0, 0.1) is 12.7 Å². The number of carbonyl (C=O) groups is 3. The number of halogens is 1. The van der Waals surface area contributed by atoms with Crippen LogP contribution >= 0.6 is 0 Å². The van der Waals surface area contributed by atoms with Crippen LogP contribution in [0.3, 0.4) is 0 Å². The summed E-state index contributed by atoms with van der Waals surface area (Å²) in [7, 11) is 1.59. The van der Waals surface area contributed by atoms with Gasteiger partial charge in [-0.25, -0.2) is 19.2 Å². The van der Waals surface area contributed by atoms with E-state index in [2.05, 4.69) is 40.1 Å². The number of benzene rings is 3. The van der Waals surface area contributed by atoms with Crippen molar-refractivity contribution in [3.63, 3.8) is 0 Å². The number of methoxy groups -OCH3 is 1. The lowest BCUT2D eigenvalue weighted by molar-refractivity contribution is -0.140. The zero-order chi connectivity index (χ0) is 45.3. The summed E-state index contributed by atoms with van der Waals surface area (Å²) in [6.07, 6.45) is 7.19. The Bertz CT molecular complexity index is 2850. The first-order valence-electron chi connectivity index (χ1n) is 20.7. The second-order valence-electron chi connectivity index (χ2n) is 15.3. The molecule has 1 saturated heterocycles. The van der Waals surface area contributed by atoms with Crippen molar-refractivity contribution >= 4 is 56.6 Å². The summed E-state index contributed by atoms with van der Waals surface area (Å²) in [6, 6.07) is 14.0. The van der Waals surface area contributed by atoms with E-state index in [9.17, 15) is 19.2 Å². The van der Waals surface area contributed by atoms with Crippen LogP contribution in [0.25, 0.3) is 32.8 Å². The van der Waals surface area contributed by atoms with E-state index >= 15 is 4.39 Å². The molecular weight excluding hydrogens is 830 g/mol. The molecule has 4 aromatic heterocycles. The number of nitrogens with zero attached hydrogens (tertiary/aromatic N) is 4. The number of ether oxygens (including phenoxy) is 3. The standard InChI is InChI=1S/C25H27FN4O3.C20H21N5O6/c1-16-12-17-19(29-16)6-7-21(24(17)26)33-25-18-13-22(31-2)23(14-20(18)27-15-28-25)32-11-5-10-30-8-3-4-9-30;21-20-24-16-15(18(29)25-20)12(9-22-16)6-3-10-1-4-11(5-2-10)17(28)23-13(19(30)31)7-8-14(26)27/h6-7,12-15,29H,3-5,8-11H2,1-2H3;1-2,4-5,9,13H,3,6-8H2,(H,23,28)(H,26,27)(H,30,31)(H4,21,22,24,25,29)/t;13-/m.0/s1. The molecule has 1 amide bonds. The Morgan fingerprint density at radius 1 is 0.969 bits per heavy atom. The van der Waals surface area contributed by atoms with E-state index in [1.54, 1.807) is 61.8 Å². The predicted octanol–water partition coefficient (Wildman–Crippen LogP) is 5.89. The summed E-state index contributed by atoms with van der Waals surface area (Å²) in [5.74, 6) is -1.91. The number of aromatic amines is 3. The zero-order valence-corrected chi connectivity index (χ0v) is 35.2. The summed E-state index contributed by atoms with van der Waals surface area (Å²) >= 11 is 0. The summed E-state index contributed by atoms with van der Waals surface area (Å²) in [5, 5.41) is 21.7. The van der Waals surface area contributed by atoms with Gasteiger partial charge in [0, 0.05) is 47.4 Å². The van der Waals surface area contributed by atoms with Crippen molar-refractivity contribution in [2.75, 3.05) is 39.1 Å². The number of rotatable bonds is 17. The van der Waals surface area contributed by atoms with E-state index in [0.717, 1.165) is 35.3 Å². The van der Waals surface area contributed by atoms with E-state index in [1.165, 1.54) is 32.3 Å². The molecule has 1 aliphatic heterocycles. The van der Waals surface area contributed by atoms with Crippen LogP contribution in [-0.2, 0) is 22.4 Å². The molecule has 64 heavy (non-hydrogen) atoms. The predicted molar refractivity (Wildman–Crippen MR) is 236 cm³/mol. The fourth-order valence-electron chi connectivity index (χ4n) is 7.53. The quantitative estimate of drug-likeness (QED) is 0.0526. The highest BCUT2D eigenvalue weighted by atomic mass is 19.1. The first-order chi connectivity index (χ1) is 30.9. The van der Waals surface area contributed by atoms with Crippen LogP contribution in [0.4, 0.5) is 10.3 Å². The molecule has 1 fully saturated rings. The number of hydrogen-bond acceptors (Lipinski definition) is 12. The Labute approximate surface area is 365 Å². The number of nitrogen functional groups attached to an aromatic ring is 1. The monoisotopic (exact) mass is 877 g/mol. The number of aliphatic carboxylic acids is 2. The van der Waals surface area contributed by atoms with E-state index in [4.69, 9.17) is 30.2 Å². The molecule has 1 aliphatic rings. The van der Waals surface area contributed by atoms with Crippen LogP contribution in [0.1, 0.15) is 59.3 Å². The van der Waals surface area contributed by atoms with Gasteiger partial charge < -0.3 is 50.3 Å². The number of nitrogens with one attached hydrogen (secondary N) is 4. The molecule has 0 spiro atoms. The Balaban J connectivity index is 0.000000192. The van der Waals surface area contributed by atoms with Gasteiger partial charge in [0.2, 0.25) is 11.8 Å². The number of fused-ring (bicyclic) bond motifs is 3. The number of aromatic nitrogens is 6. The van der Waals surface area contributed by atoms with Gasteiger partial charge in [-0.05, 0) is 106 Å². The fourth-order valence-corrected chi connectivity index (χ4v) is 7.53. The number of hydrogen-bond donors (Lipinski definition) is 7. The minimum absolute atomic E-state index is 0.0351. The number of carboxylic acids is 2. The third-order valence-corrected chi connectivity index (χ3v) is 10.8. The Morgan fingerprint density at radius 3 is 2.48 bits per heavy atom. The highest BCUT2D eigenvalue weighted by molar-refractivity contribution is 5.96. The number of carbonyl (C=O) groups excluding carboxylic acids is 1. The van der Waals surface area contributed by atoms with Crippen molar-refractivity contribution in [2.45, 2.75) is 57.9 Å². The Hall–Kier alpha value is -7.54. The van der Waals surface area contributed by atoms with Gasteiger partial charge in [-0.3, -0.25) is 19.4 Å². The molecule has 334 valence electrons. The summed E-state index contributed by atoms with van der Waals surface area (Å²) in [6.45, 7) is 5.86. The van der Waals surface area contributed by atoms with E-state index < -0.39 is 29.7 Å². The van der Waals surface area contributed by atoms with Gasteiger partial charge in [-0.15, -0.1) is 0 Å². The van der Waals surface area contributed by atoms with Gasteiger partial charge in [0.25, 0.3) is 11.5 Å².